The van der Waals surface area contributed by atoms with Gasteiger partial charge in [0.05, 0.1) is 17.3 Å². The lowest BCUT2D eigenvalue weighted by atomic mass is 10.1. The molecule has 0 unspecified atom stereocenters. The number of carbonyl (C=O) groups excluding carboxylic acids is 1. The zero-order chi connectivity index (χ0) is 14.7. The van der Waals surface area contributed by atoms with Gasteiger partial charge in [0.25, 0.3) is 11.6 Å². The lowest BCUT2D eigenvalue weighted by Gasteiger charge is -2.06. The molecule has 1 amide bonds. The molecule has 102 valence electrons. The molecule has 0 spiro atoms. The SMILES string of the molecule is Cc1cccc(C(=O)Nc2cnc(Cl)cn2)c1[N+](=O)[O-]. The number of nitro benzene ring substituents is 1. The van der Waals surface area contributed by atoms with Gasteiger partial charge in [0, 0.05) is 5.56 Å². The summed E-state index contributed by atoms with van der Waals surface area (Å²) >= 11 is 5.58. The van der Waals surface area contributed by atoms with Crippen LogP contribution >= 0.6 is 11.6 Å². The van der Waals surface area contributed by atoms with E-state index in [-0.39, 0.29) is 22.2 Å². The van der Waals surface area contributed by atoms with Crippen molar-refractivity contribution in [1.82, 2.24) is 9.97 Å². The number of aryl methyl sites for hydroxylation is 1. The quantitative estimate of drug-likeness (QED) is 0.692. The first kappa shape index (κ1) is 13.9. The molecular formula is C12H9ClN4O3. The van der Waals surface area contributed by atoms with Crippen molar-refractivity contribution in [3.05, 3.63) is 57.0 Å². The summed E-state index contributed by atoms with van der Waals surface area (Å²) in [5, 5.41) is 13.6. The number of hydrogen-bond donors (Lipinski definition) is 1. The van der Waals surface area contributed by atoms with E-state index in [1.165, 1.54) is 18.5 Å². The van der Waals surface area contributed by atoms with E-state index in [0.29, 0.717) is 5.56 Å². The maximum Gasteiger partial charge on any atom is 0.285 e. The van der Waals surface area contributed by atoms with Crippen LogP contribution in [0.15, 0.2) is 30.6 Å². The zero-order valence-electron chi connectivity index (χ0n) is 10.3. The number of carbonyl (C=O) groups is 1. The largest absolute Gasteiger partial charge is 0.305 e. The second-order valence-electron chi connectivity index (χ2n) is 3.91. The fourth-order valence-electron chi connectivity index (χ4n) is 1.65. The average Bonchev–Trinajstić information content (AvgIpc) is 2.40. The number of anilines is 1. The highest BCUT2D eigenvalue weighted by molar-refractivity contribution is 6.29. The van der Waals surface area contributed by atoms with Gasteiger partial charge in [-0.15, -0.1) is 0 Å². The first-order chi connectivity index (χ1) is 9.49. The summed E-state index contributed by atoms with van der Waals surface area (Å²) in [7, 11) is 0. The van der Waals surface area contributed by atoms with Crippen molar-refractivity contribution < 1.29 is 9.72 Å². The maximum absolute atomic E-state index is 12.1. The molecule has 0 aliphatic rings. The summed E-state index contributed by atoms with van der Waals surface area (Å²) in [6, 6.07) is 4.52. The third-order valence-electron chi connectivity index (χ3n) is 2.53. The average molecular weight is 293 g/mol. The molecule has 0 atom stereocenters. The first-order valence-corrected chi connectivity index (χ1v) is 5.89. The Hall–Kier alpha value is -2.54. The smallest absolute Gasteiger partial charge is 0.285 e. The highest BCUT2D eigenvalue weighted by Gasteiger charge is 2.22. The summed E-state index contributed by atoms with van der Waals surface area (Å²) in [4.78, 5) is 30.1. The molecule has 0 radical (unpaired) electrons. The second kappa shape index (κ2) is 5.62. The van der Waals surface area contributed by atoms with Crippen molar-refractivity contribution >= 4 is 29.0 Å². The van der Waals surface area contributed by atoms with Gasteiger partial charge in [-0.2, -0.15) is 0 Å². The van der Waals surface area contributed by atoms with E-state index in [9.17, 15) is 14.9 Å². The van der Waals surface area contributed by atoms with Crippen LogP contribution in [-0.4, -0.2) is 20.8 Å². The third kappa shape index (κ3) is 2.89. The zero-order valence-corrected chi connectivity index (χ0v) is 11.1. The molecule has 1 aromatic carbocycles. The second-order valence-corrected chi connectivity index (χ2v) is 4.29. The molecule has 1 heterocycles. The molecule has 0 fully saturated rings. The number of halogens is 1. The predicted octanol–water partition coefficient (Wildman–Crippen LogP) is 2.60. The Morgan fingerprint density at radius 3 is 2.70 bits per heavy atom. The summed E-state index contributed by atoms with van der Waals surface area (Å²) < 4.78 is 0. The Balaban J connectivity index is 2.32. The Bertz CT molecular complexity index is 673. The number of amides is 1. The van der Waals surface area contributed by atoms with Crippen LogP contribution in [0.25, 0.3) is 0 Å². The normalized spacial score (nSPS) is 10.1. The molecule has 20 heavy (non-hydrogen) atoms. The van der Waals surface area contributed by atoms with Crippen molar-refractivity contribution in [2.24, 2.45) is 0 Å². The predicted molar refractivity (Wildman–Crippen MR) is 72.8 cm³/mol. The molecule has 2 aromatic rings. The van der Waals surface area contributed by atoms with Gasteiger partial charge in [0.15, 0.2) is 5.82 Å². The van der Waals surface area contributed by atoms with E-state index in [4.69, 9.17) is 11.6 Å². The number of nitrogens with one attached hydrogen (secondary N) is 1. The Morgan fingerprint density at radius 1 is 1.35 bits per heavy atom. The molecule has 0 bridgehead atoms. The maximum atomic E-state index is 12.1. The third-order valence-corrected chi connectivity index (χ3v) is 2.72. The fraction of sp³-hybridized carbons (Fsp3) is 0.0833. The highest BCUT2D eigenvalue weighted by atomic mass is 35.5. The summed E-state index contributed by atoms with van der Waals surface area (Å²) in [6.45, 7) is 1.57. The van der Waals surface area contributed by atoms with Crippen molar-refractivity contribution in [2.45, 2.75) is 6.92 Å². The molecule has 1 N–H and O–H groups in total. The van der Waals surface area contributed by atoms with Crippen LogP contribution in [0.1, 0.15) is 15.9 Å². The summed E-state index contributed by atoms with van der Waals surface area (Å²) in [6.07, 6.45) is 2.53. The molecule has 2 rings (SSSR count). The highest BCUT2D eigenvalue weighted by Crippen LogP contribution is 2.23. The van der Waals surface area contributed by atoms with E-state index >= 15 is 0 Å². The van der Waals surface area contributed by atoms with E-state index in [0.717, 1.165) is 0 Å². The lowest BCUT2D eigenvalue weighted by Crippen LogP contribution is -2.15. The van der Waals surface area contributed by atoms with Gasteiger partial charge in [-0.05, 0) is 13.0 Å². The lowest BCUT2D eigenvalue weighted by molar-refractivity contribution is -0.385. The first-order valence-electron chi connectivity index (χ1n) is 5.52. The van der Waals surface area contributed by atoms with Crippen LogP contribution in [0, 0.1) is 17.0 Å². The van der Waals surface area contributed by atoms with Crippen LogP contribution in [0.2, 0.25) is 5.15 Å². The van der Waals surface area contributed by atoms with Crippen molar-refractivity contribution in [2.75, 3.05) is 5.32 Å². The molecule has 1 aromatic heterocycles. The van der Waals surface area contributed by atoms with Crippen LogP contribution in [0.4, 0.5) is 11.5 Å². The minimum atomic E-state index is -0.628. The van der Waals surface area contributed by atoms with E-state index in [2.05, 4.69) is 15.3 Å². The number of aromatic nitrogens is 2. The van der Waals surface area contributed by atoms with Gasteiger partial charge in [-0.1, -0.05) is 23.7 Å². The van der Waals surface area contributed by atoms with Gasteiger partial charge in [-0.25, -0.2) is 9.97 Å². The van der Waals surface area contributed by atoms with Gasteiger partial charge in [0.2, 0.25) is 0 Å². The molecule has 8 heteroatoms. The number of benzene rings is 1. The van der Waals surface area contributed by atoms with Crippen LogP contribution in [-0.2, 0) is 0 Å². The number of nitrogens with zero attached hydrogens (tertiary/aromatic N) is 3. The van der Waals surface area contributed by atoms with Crippen molar-refractivity contribution in [3.8, 4) is 0 Å². The van der Waals surface area contributed by atoms with Gasteiger partial charge in [0.1, 0.15) is 10.7 Å². The molecule has 7 nitrogen and oxygen atoms in total. The van der Waals surface area contributed by atoms with E-state index in [1.807, 2.05) is 0 Å². The van der Waals surface area contributed by atoms with E-state index in [1.54, 1.807) is 19.1 Å². The van der Waals surface area contributed by atoms with Gasteiger partial charge in [-0.3, -0.25) is 14.9 Å². The molecule has 0 aliphatic heterocycles. The number of rotatable bonds is 3. The van der Waals surface area contributed by atoms with Crippen molar-refractivity contribution in [3.63, 3.8) is 0 Å². The number of para-hydroxylation sites is 1. The monoisotopic (exact) mass is 292 g/mol. The number of hydrogen-bond acceptors (Lipinski definition) is 5. The number of nitro groups is 1. The Labute approximate surface area is 118 Å². The van der Waals surface area contributed by atoms with Crippen molar-refractivity contribution in [1.29, 1.82) is 0 Å². The van der Waals surface area contributed by atoms with Crippen LogP contribution in [0.5, 0.6) is 0 Å². The van der Waals surface area contributed by atoms with Crippen LogP contribution < -0.4 is 5.32 Å². The molecule has 0 saturated carbocycles. The van der Waals surface area contributed by atoms with Gasteiger partial charge >= 0.3 is 0 Å². The molecule has 0 aliphatic carbocycles. The standard InChI is InChI=1S/C12H9ClN4O3/c1-7-3-2-4-8(11(7)17(19)20)12(18)16-10-6-14-9(13)5-15-10/h2-6H,1H3,(H,15,16,18). The fourth-order valence-corrected chi connectivity index (χ4v) is 1.74. The Kier molecular flexibility index (Phi) is 3.90. The minimum absolute atomic E-state index is 0.0354. The topological polar surface area (TPSA) is 98.0 Å². The van der Waals surface area contributed by atoms with Crippen LogP contribution in [0.3, 0.4) is 0 Å². The summed E-state index contributed by atoms with van der Waals surface area (Å²) in [5.41, 5.74) is 0.142. The molecule has 0 saturated heterocycles. The molecular weight excluding hydrogens is 284 g/mol. The van der Waals surface area contributed by atoms with E-state index < -0.39 is 10.8 Å². The summed E-state index contributed by atoms with van der Waals surface area (Å²) in [5.74, 6) is -0.466. The Morgan fingerprint density at radius 2 is 2.10 bits per heavy atom. The van der Waals surface area contributed by atoms with Gasteiger partial charge < -0.3 is 5.32 Å². The minimum Gasteiger partial charge on any atom is -0.305 e.